The van der Waals surface area contributed by atoms with E-state index in [0.29, 0.717) is 11.4 Å². The molecule has 19 heavy (non-hydrogen) atoms. The average Bonchev–Trinajstić information content (AvgIpc) is 2.64. The van der Waals surface area contributed by atoms with E-state index in [2.05, 4.69) is 10.3 Å². The van der Waals surface area contributed by atoms with E-state index in [4.69, 9.17) is 0 Å². The minimum Gasteiger partial charge on any atom is -0.375 e. The van der Waals surface area contributed by atoms with Crippen LogP contribution >= 0.6 is 0 Å². The van der Waals surface area contributed by atoms with E-state index >= 15 is 0 Å². The van der Waals surface area contributed by atoms with Crippen molar-refractivity contribution in [3.05, 3.63) is 59.7 Å². The minimum absolute atomic E-state index is 0.0100. The van der Waals surface area contributed by atoms with Crippen LogP contribution < -0.4 is 5.32 Å². The number of amides is 1. The van der Waals surface area contributed by atoms with Gasteiger partial charge in [-0.15, -0.1) is 0 Å². The molecule has 96 valence electrons. The summed E-state index contributed by atoms with van der Waals surface area (Å²) in [5.74, 6) is -1.05. The Hall–Kier alpha value is -2.27. The number of halogens is 1. The number of hydrogen-bond donors (Lipinski definition) is 2. The van der Waals surface area contributed by atoms with Gasteiger partial charge < -0.3 is 10.4 Å². The summed E-state index contributed by atoms with van der Waals surface area (Å²) in [6.07, 6.45) is 1.59. The van der Waals surface area contributed by atoms with Crippen molar-refractivity contribution in [3.8, 4) is 0 Å². The molecule has 4 nitrogen and oxygen atoms in total. The van der Waals surface area contributed by atoms with Gasteiger partial charge in [-0.2, -0.15) is 0 Å². The predicted octanol–water partition coefficient (Wildman–Crippen LogP) is 1.60. The van der Waals surface area contributed by atoms with Crippen LogP contribution in [0.15, 0.2) is 42.6 Å². The quantitative estimate of drug-likeness (QED) is 0.860. The number of pyridine rings is 1. The lowest BCUT2D eigenvalue weighted by Crippen LogP contribution is -2.36. The first kappa shape index (κ1) is 11.8. The number of nitrogens with zero attached hydrogens (tertiary/aromatic N) is 1. The smallest absolute Gasteiger partial charge is 0.261 e. The Balaban J connectivity index is 2.04. The Bertz CT molecular complexity index is 645. The van der Waals surface area contributed by atoms with Gasteiger partial charge >= 0.3 is 0 Å². The monoisotopic (exact) mass is 258 g/mol. The number of rotatable bonds is 2. The molecule has 0 saturated carbocycles. The van der Waals surface area contributed by atoms with Gasteiger partial charge in [0, 0.05) is 29.6 Å². The zero-order valence-corrected chi connectivity index (χ0v) is 9.93. The standard InChI is InChI=1S/C14H11FN2O2/c15-9-4-5-12-11(7-9)14(19,13(18)17-12)8-10-3-1-2-6-16-10/h1-7,19H,8H2,(H,17,18)/t14-/m0/s1. The number of hydrogen-bond acceptors (Lipinski definition) is 3. The first-order valence-electron chi connectivity index (χ1n) is 5.83. The topological polar surface area (TPSA) is 62.2 Å². The van der Waals surface area contributed by atoms with Gasteiger partial charge in [0.1, 0.15) is 5.82 Å². The average molecular weight is 258 g/mol. The normalized spacial score (nSPS) is 21.1. The summed E-state index contributed by atoms with van der Waals surface area (Å²) < 4.78 is 13.3. The molecule has 0 fully saturated rings. The second-order valence-corrected chi connectivity index (χ2v) is 4.50. The number of carbonyl (C=O) groups excluding carboxylic acids is 1. The fourth-order valence-electron chi connectivity index (χ4n) is 2.26. The molecule has 0 spiro atoms. The van der Waals surface area contributed by atoms with Crippen molar-refractivity contribution >= 4 is 11.6 Å². The molecule has 0 saturated heterocycles. The maximum Gasteiger partial charge on any atom is 0.261 e. The Morgan fingerprint density at radius 3 is 2.89 bits per heavy atom. The summed E-state index contributed by atoms with van der Waals surface area (Å²) in [5.41, 5.74) is -0.517. The molecule has 2 heterocycles. The van der Waals surface area contributed by atoms with Crippen LogP contribution in [0.25, 0.3) is 0 Å². The third-order valence-electron chi connectivity index (χ3n) is 3.21. The fourth-order valence-corrected chi connectivity index (χ4v) is 2.26. The molecule has 1 aromatic carbocycles. The molecular formula is C14H11FN2O2. The third-order valence-corrected chi connectivity index (χ3v) is 3.21. The summed E-state index contributed by atoms with van der Waals surface area (Å²) in [6.45, 7) is 0. The van der Waals surface area contributed by atoms with Crippen LogP contribution in [-0.2, 0) is 16.8 Å². The maximum absolute atomic E-state index is 13.3. The number of aromatic nitrogens is 1. The second kappa shape index (κ2) is 4.13. The highest BCUT2D eigenvalue weighted by Gasteiger charge is 2.45. The van der Waals surface area contributed by atoms with Crippen molar-refractivity contribution < 1.29 is 14.3 Å². The van der Waals surface area contributed by atoms with E-state index in [-0.39, 0.29) is 12.0 Å². The van der Waals surface area contributed by atoms with E-state index in [1.165, 1.54) is 18.2 Å². The van der Waals surface area contributed by atoms with Crippen molar-refractivity contribution in [1.82, 2.24) is 4.98 Å². The zero-order chi connectivity index (χ0) is 13.5. The van der Waals surface area contributed by atoms with E-state index in [0.717, 1.165) is 0 Å². The summed E-state index contributed by atoms with van der Waals surface area (Å²) in [6, 6.07) is 9.09. The van der Waals surface area contributed by atoms with Crippen molar-refractivity contribution in [2.24, 2.45) is 0 Å². The number of benzene rings is 1. The highest BCUT2D eigenvalue weighted by Crippen LogP contribution is 2.38. The number of nitrogens with one attached hydrogen (secondary N) is 1. The number of aliphatic hydroxyl groups is 1. The molecule has 0 radical (unpaired) electrons. The Morgan fingerprint density at radius 1 is 1.32 bits per heavy atom. The molecule has 1 aliphatic heterocycles. The summed E-state index contributed by atoms with van der Waals surface area (Å²) >= 11 is 0. The van der Waals surface area contributed by atoms with Crippen LogP contribution in [0.5, 0.6) is 0 Å². The van der Waals surface area contributed by atoms with Gasteiger partial charge in [0.15, 0.2) is 5.60 Å². The molecule has 1 atom stereocenters. The van der Waals surface area contributed by atoms with Gasteiger partial charge in [-0.1, -0.05) is 6.07 Å². The van der Waals surface area contributed by atoms with E-state index < -0.39 is 17.3 Å². The lowest BCUT2D eigenvalue weighted by atomic mass is 9.90. The van der Waals surface area contributed by atoms with Crippen LogP contribution in [0.4, 0.5) is 10.1 Å². The highest BCUT2D eigenvalue weighted by molar-refractivity contribution is 6.05. The van der Waals surface area contributed by atoms with Crippen LogP contribution in [-0.4, -0.2) is 16.0 Å². The van der Waals surface area contributed by atoms with Crippen LogP contribution in [0.3, 0.4) is 0 Å². The second-order valence-electron chi connectivity index (χ2n) is 4.50. The minimum atomic E-state index is -1.77. The summed E-state index contributed by atoms with van der Waals surface area (Å²) in [5, 5.41) is 13.1. The Morgan fingerprint density at radius 2 is 2.16 bits per heavy atom. The Labute approximate surface area is 108 Å². The molecule has 1 amide bonds. The van der Waals surface area contributed by atoms with Gasteiger partial charge in [-0.3, -0.25) is 9.78 Å². The predicted molar refractivity (Wildman–Crippen MR) is 66.9 cm³/mol. The van der Waals surface area contributed by atoms with Crippen molar-refractivity contribution in [2.75, 3.05) is 5.32 Å². The highest BCUT2D eigenvalue weighted by atomic mass is 19.1. The van der Waals surface area contributed by atoms with Crippen molar-refractivity contribution in [2.45, 2.75) is 12.0 Å². The van der Waals surface area contributed by atoms with Crippen LogP contribution in [0.2, 0.25) is 0 Å². The van der Waals surface area contributed by atoms with E-state index in [1.807, 2.05) is 0 Å². The summed E-state index contributed by atoms with van der Waals surface area (Å²) in [4.78, 5) is 16.0. The van der Waals surface area contributed by atoms with Crippen molar-refractivity contribution in [3.63, 3.8) is 0 Å². The first-order chi connectivity index (χ1) is 9.09. The fraction of sp³-hybridized carbons (Fsp3) is 0.143. The Kier molecular flexibility index (Phi) is 2.57. The van der Waals surface area contributed by atoms with Gasteiger partial charge in [-0.05, 0) is 30.3 Å². The molecule has 0 bridgehead atoms. The van der Waals surface area contributed by atoms with Crippen molar-refractivity contribution in [1.29, 1.82) is 0 Å². The van der Waals surface area contributed by atoms with Gasteiger partial charge in [0.25, 0.3) is 5.91 Å². The van der Waals surface area contributed by atoms with Gasteiger partial charge in [0.2, 0.25) is 0 Å². The first-order valence-corrected chi connectivity index (χ1v) is 5.83. The molecule has 0 aliphatic carbocycles. The van der Waals surface area contributed by atoms with Crippen LogP contribution in [0.1, 0.15) is 11.3 Å². The lowest BCUT2D eigenvalue weighted by molar-refractivity contribution is -0.133. The SMILES string of the molecule is O=C1Nc2ccc(F)cc2[C@@]1(O)Cc1ccccn1. The largest absolute Gasteiger partial charge is 0.375 e. The zero-order valence-electron chi connectivity index (χ0n) is 9.93. The number of carbonyl (C=O) groups is 1. The van der Waals surface area contributed by atoms with Gasteiger partial charge in [-0.25, -0.2) is 4.39 Å². The number of anilines is 1. The molecule has 1 aromatic heterocycles. The molecule has 5 heteroatoms. The molecule has 2 aromatic rings. The lowest BCUT2D eigenvalue weighted by Gasteiger charge is -2.20. The molecule has 1 aliphatic rings. The summed E-state index contributed by atoms with van der Waals surface area (Å²) in [7, 11) is 0. The van der Waals surface area contributed by atoms with Crippen LogP contribution in [0, 0.1) is 5.82 Å². The molecule has 2 N–H and O–H groups in total. The third kappa shape index (κ3) is 1.88. The van der Waals surface area contributed by atoms with E-state index in [1.54, 1.807) is 24.4 Å². The molecular weight excluding hydrogens is 247 g/mol. The van der Waals surface area contributed by atoms with E-state index in [9.17, 15) is 14.3 Å². The molecule has 0 unspecified atom stereocenters. The molecule has 3 rings (SSSR count). The maximum atomic E-state index is 13.3. The van der Waals surface area contributed by atoms with Gasteiger partial charge in [0.05, 0.1) is 0 Å². The number of fused-ring (bicyclic) bond motifs is 1.